The molecule has 1 saturated carbocycles. The smallest absolute Gasteiger partial charge is 0.265 e. The van der Waals surface area contributed by atoms with Crippen LogP contribution >= 0.6 is 11.3 Å². The molecular weight excluding hydrogens is 396 g/mol. The van der Waals surface area contributed by atoms with Gasteiger partial charge in [0.2, 0.25) is 5.91 Å². The number of aromatic nitrogens is 2. The molecule has 0 bridgehead atoms. The summed E-state index contributed by atoms with van der Waals surface area (Å²) >= 11 is 1.41. The Hall–Kier alpha value is -2.93. The number of hydrogen-bond donors (Lipinski definition) is 1. The lowest BCUT2D eigenvalue weighted by Crippen LogP contribution is -2.45. The second-order valence-corrected chi connectivity index (χ2v) is 8.98. The van der Waals surface area contributed by atoms with Crippen LogP contribution in [0.15, 0.2) is 48.1 Å². The zero-order valence-electron chi connectivity index (χ0n) is 16.9. The largest absolute Gasteiger partial charge is 0.351 e. The topological polar surface area (TPSA) is 67.2 Å². The summed E-state index contributed by atoms with van der Waals surface area (Å²) in [5, 5.41) is 5.14. The van der Waals surface area contributed by atoms with Gasteiger partial charge in [-0.05, 0) is 29.9 Å². The third-order valence-electron chi connectivity index (χ3n) is 6.07. The van der Waals surface area contributed by atoms with Crippen LogP contribution < -0.4 is 5.32 Å². The highest BCUT2D eigenvalue weighted by atomic mass is 32.1. The molecule has 7 heteroatoms. The first-order valence-electron chi connectivity index (χ1n) is 10.4. The molecule has 2 aromatic heterocycles. The fourth-order valence-corrected chi connectivity index (χ4v) is 5.44. The van der Waals surface area contributed by atoms with Gasteiger partial charge in [-0.1, -0.05) is 43.2 Å². The van der Waals surface area contributed by atoms with Crippen LogP contribution in [0.25, 0.3) is 11.3 Å². The van der Waals surface area contributed by atoms with Crippen LogP contribution in [-0.4, -0.2) is 32.3 Å². The third-order valence-corrected chi connectivity index (χ3v) is 6.98. The number of hydrogen-bond acceptors (Lipinski definition) is 4. The van der Waals surface area contributed by atoms with Crippen molar-refractivity contribution in [3.63, 3.8) is 0 Å². The summed E-state index contributed by atoms with van der Waals surface area (Å²) in [4.78, 5) is 34.2. The van der Waals surface area contributed by atoms with Crippen LogP contribution in [0.4, 0.5) is 0 Å². The Morgan fingerprint density at radius 3 is 2.73 bits per heavy atom. The molecule has 0 spiro atoms. The Morgan fingerprint density at radius 1 is 1.20 bits per heavy atom. The Labute approximate surface area is 179 Å². The summed E-state index contributed by atoms with van der Waals surface area (Å²) in [6.07, 6.45) is 6.00. The molecule has 2 aliphatic rings. The van der Waals surface area contributed by atoms with Crippen LogP contribution in [-0.2, 0) is 18.4 Å². The second kappa shape index (κ2) is 7.72. The number of amides is 2. The molecule has 3 aromatic rings. The first kappa shape index (κ1) is 19.1. The summed E-state index contributed by atoms with van der Waals surface area (Å²) in [5.74, 6) is -0.236. The molecule has 154 valence electrons. The van der Waals surface area contributed by atoms with Crippen molar-refractivity contribution in [3.05, 3.63) is 64.2 Å². The fourth-order valence-electron chi connectivity index (χ4n) is 4.59. The van der Waals surface area contributed by atoms with Crippen molar-refractivity contribution in [2.24, 2.45) is 7.05 Å². The quantitative estimate of drug-likeness (QED) is 0.696. The molecule has 1 N–H and O–H groups in total. The summed E-state index contributed by atoms with van der Waals surface area (Å²) < 4.78 is 1.88. The molecule has 6 nitrogen and oxygen atoms in total. The Morgan fingerprint density at radius 2 is 1.97 bits per heavy atom. The Bertz CT molecular complexity index is 1080. The maximum absolute atomic E-state index is 13.7. The number of carbonyl (C=O) groups excluding carboxylic acids is 2. The van der Waals surface area contributed by atoms with E-state index in [2.05, 4.69) is 10.3 Å². The minimum atomic E-state index is -0.722. The fraction of sp³-hybridized carbons (Fsp3) is 0.348. The lowest BCUT2D eigenvalue weighted by atomic mass is 10.1. The predicted molar refractivity (Wildman–Crippen MR) is 116 cm³/mol. The molecule has 0 radical (unpaired) electrons. The molecule has 1 atom stereocenters. The van der Waals surface area contributed by atoms with Crippen LogP contribution in [0.5, 0.6) is 0 Å². The van der Waals surface area contributed by atoms with E-state index in [4.69, 9.17) is 0 Å². The van der Waals surface area contributed by atoms with Crippen molar-refractivity contribution < 1.29 is 9.59 Å². The molecular formula is C23H24N4O2S. The van der Waals surface area contributed by atoms with Crippen molar-refractivity contribution in [2.45, 2.75) is 44.3 Å². The van der Waals surface area contributed by atoms with Gasteiger partial charge >= 0.3 is 0 Å². The summed E-state index contributed by atoms with van der Waals surface area (Å²) in [6, 6.07) is 11.2. The molecule has 5 rings (SSSR count). The SMILES string of the molecule is Cn1cnc2c1C(C(=O)NC1CCCC1)N(Cc1ccccc1)C(=O)c1sccc1-2. The lowest BCUT2D eigenvalue weighted by molar-refractivity contribution is -0.127. The van der Waals surface area contributed by atoms with E-state index in [1.165, 1.54) is 11.3 Å². The third kappa shape index (κ3) is 3.23. The van der Waals surface area contributed by atoms with Crippen LogP contribution in [0, 0.1) is 0 Å². The highest BCUT2D eigenvalue weighted by molar-refractivity contribution is 7.12. The lowest BCUT2D eigenvalue weighted by Gasteiger charge is -2.31. The monoisotopic (exact) mass is 420 g/mol. The molecule has 1 aliphatic heterocycles. The van der Waals surface area contributed by atoms with Crippen molar-refractivity contribution in [1.29, 1.82) is 0 Å². The van der Waals surface area contributed by atoms with Crippen molar-refractivity contribution >= 4 is 23.2 Å². The predicted octanol–water partition coefficient (Wildman–Crippen LogP) is 3.90. The average Bonchev–Trinajstić information content (AvgIpc) is 3.49. The van der Waals surface area contributed by atoms with Gasteiger partial charge < -0.3 is 14.8 Å². The van der Waals surface area contributed by atoms with E-state index in [9.17, 15) is 9.59 Å². The summed E-state index contributed by atoms with van der Waals surface area (Å²) in [7, 11) is 1.89. The van der Waals surface area contributed by atoms with Crippen LogP contribution in [0.1, 0.15) is 52.7 Å². The maximum Gasteiger partial charge on any atom is 0.265 e. The van der Waals surface area contributed by atoms with E-state index in [1.54, 1.807) is 11.2 Å². The van der Waals surface area contributed by atoms with E-state index in [0.717, 1.165) is 48.2 Å². The van der Waals surface area contributed by atoms with E-state index in [1.807, 2.05) is 53.4 Å². The number of rotatable bonds is 4. The van der Waals surface area contributed by atoms with Gasteiger partial charge in [-0.15, -0.1) is 11.3 Å². The molecule has 1 aliphatic carbocycles. The zero-order chi connectivity index (χ0) is 20.7. The van der Waals surface area contributed by atoms with Crippen molar-refractivity contribution in [1.82, 2.24) is 19.8 Å². The normalized spacial score (nSPS) is 18.8. The van der Waals surface area contributed by atoms with E-state index < -0.39 is 6.04 Å². The first-order chi connectivity index (χ1) is 14.6. The van der Waals surface area contributed by atoms with Gasteiger partial charge in [0.05, 0.1) is 17.7 Å². The van der Waals surface area contributed by atoms with Crippen molar-refractivity contribution in [2.75, 3.05) is 0 Å². The summed E-state index contributed by atoms with van der Waals surface area (Å²) in [5.41, 5.74) is 3.30. The number of nitrogens with one attached hydrogen (secondary N) is 1. The van der Waals surface area contributed by atoms with Gasteiger partial charge in [0.25, 0.3) is 5.91 Å². The number of benzene rings is 1. The maximum atomic E-state index is 13.7. The van der Waals surface area contributed by atoms with E-state index >= 15 is 0 Å². The molecule has 1 unspecified atom stereocenters. The molecule has 3 heterocycles. The van der Waals surface area contributed by atoms with Gasteiger partial charge in [0.1, 0.15) is 4.88 Å². The minimum absolute atomic E-state index is 0.117. The van der Waals surface area contributed by atoms with E-state index in [0.29, 0.717) is 11.4 Å². The second-order valence-electron chi connectivity index (χ2n) is 8.06. The zero-order valence-corrected chi connectivity index (χ0v) is 17.7. The molecule has 0 saturated heterocycles. The average molecular weight is 421 g/mol. The molecule has 1 fully saturated rings. The standard InChI is InChI=1S/C23H24N4O2S/c1-26-14-24-18-17-11-12-30-21(17)23(29)27(13-15-7-3-2-4-8-15)20(19(18)26)22(28)25-16-9-5-6-10-16/h2-4,7-8,11-12,14,16,20H,5-6,9-10,13H2,1H3,(H,25,28). The number of aryl methyl sites for hydroxylation is 1. The minimum Gasteiger partial charge on any atom is -0.351 e. The van der Waals surface area contributed by atoms with Gasteiger partial charge in [-0.25, -0.2) is 4.98 Å². The van der Waals surface area contributed by atoms with Crippen molar-refractivity contribution in [3.8, 4) is 11.3 Å². The number of thiophene rings is 1. The highest BCUT2D eigenvalue weighted by Crippen LogP contribution is 2.40. The number of fused-ring (bicyclic) bond motifs is 3. The van der Waals surface area contributed by atoms with Crippen LogP contribution in [0.3, 0.4) is 0 Å². The Balaban J connectivity index is 1.62. The number of carbonyl (C=O) groups is 2. The molecule has 2 amide bonds. The number of nitrogens with zero attached hydrogens (tertiary/aromatic N) is 3. The van der Waals surface area contributed by atoms with Gasteiger partial charge in [-0.3, -0.25) is 9.59 Å². The van der Waals surface area contributed by atoms with Gasteiger partial charge in [0.15, 0.2) is 6.04 Å². The van der Waals surface area contributed by atoms with Crippen LogP contribution in [0.2, 0.25) is 0 Å². The van der Waals surface area contributed by atoms with E-state index in [-0.39, 0.29) is 17.9 Å². The molecule has 1 aromatic carbocycles. The first-order valence-corrected chi connectivity index (χ1v) is 11.3. The van der Waals surface area contributed by atoms with Gasteiger partial charge in [-0.2, -0.15) is 0 Å². The molecule has 30 heavy (non-hydrogen) atoms. The highest BCUT2D eigenvalue weighted by Gasteiger charge is 2.41. The summed E-state index contributed by atoms with van der Waals surface area (Å²) in [6.45, 7) is 0.365. The number of imidazole rings is 1. The Kier molecular flexibility index (Phi) is 4.90. The van der Waals surface area contributed by atoms with Gasteiger partial charge in [0, 0.05) is 25.2 Å².